The van der Waals surface area contributed by atoms with Gasteiger partial charge in [0.05, 0.1) is 17.1 Å². The molecule has 0 aliphatic carbocycles. The third kappa shape index (κ3) is 10.5. The van der Waals surface area contributed by atoms with Crippen LogP contribution in [0.15, 0.2) is 109 Å². The van der Waals surface area contributed by atoms with E-state index in [1.54, 1.807) is 18.2 Å². The van der Waals surface area contributed by atoms with Crippen LogP contribution in [0, 0.1) is 0 Å². The number of H-pyrrole nitrogens is 3. The second-order valence-electron chi connectivity index (χ2n) is 13.0. The molecular formula is C39H39N18O4P. The number of fused-ring (bicyclic) bond motifs is 3. The molecule has 0 radical (unpaired) electrons. The Kier molecular flexibility index (Phi) is 12.6. The molecule has 3 aromatic carbocycles. The highest BCUT2D eigenvalue weighted by Gasteiger charge is 2.18. The summed E-state index contributed by atoms with van der Waals surface area (Å²) in [6.07, 6.45) is 0. The smallest absolute Gasteiger partial charge is 0.342 e. The van der Waals surface area contributed by atoms with Crippen LogP contribution in [-0.2, 0) is 4.57 Å². The summed E-state index contributed by atoms with van der Waals surface area (Å²) >= 11 is 0. The van der Waals surface area contributed by atoms with Gasteiger partial charge in [0.2, 0.25) is 17.5 Å². The van der Waals surface area contributed by atoms with Gasteiger partial charge in [0, 0.05) is 34.9 Å². The van der Waals surface area contributed by atoms with Crippen molar-refractivity contribution >= 4 is 93.3 Å². The summed E-state index contributed by atoms with van der Waals surface area (Å²) < 4.78 is 8.55. The molecule has 0 fully saturated rings. The largest absolute Gasteiger partial charge is 0.822 e. The molecule has 0 aliphatic heterocycles. The molecule has 6 heterocycles. The van der Waals surface area contributed by atoms with Gasteiger partial charge in [-0.3, -0.25) is 0 Å². The molecule has 314 valence electrons. The fourth-order valence-electron chi connectivity index (χ4n) is 6.20. The average Bonchev–Trinajstić information content (AvgIpc) is 3.20. The Morgan fingerprint density at radius 3 is 0.839 bits per heavy atom. The van der Waals surface area contributed by atoms with Crippen molar-refractivity contribution in [3.05, 3.63) is 109 Å². The van der Waals surface area contributed by atoms with E-state index in [-0.39, 0.29) is 17.8 Å². The number of rotatable bonds is 3. The first kappa shape index (κ1) is 43.0. The Morgan fingerprint density at radius 1 is 0.387 bits per heavy atom. The van der Waals surface area contributed by atoms with Crippen LogP contribution in [-0.4, -0.2) is 29.9 Å². The predicted molar refractivity (Wildman–Crippen MR) is 232 cm³/mol. The summed E-state index contributed by atoms with van der Waals surface area (Å²) in [4.78, 5) is 59.8. The van der Waals surface area contributed by atoms with Crippen LogP contribution in [0.4, 0.5) is 52.8 Å². The van der Waals surface area contributed by atoms with Gasteiger partial charge < -0.3 is 70.8 Å². The Labute approximate surface area is 351 Å². The Balaban J connectivity index is 0.000000147. The van der Waals surface area contributed by atoms with Gasteiger partial charge in [-0.05, 0) is 0 Å². The lowest BCUT2D eigenvalue weighted by atomic mass is 10.1. The van der Waals surface area contributed by atoms with E-state index in [1.165, 1.54) is 0 Å². The molecule has 0 saturated carbocycles. The van der Waals surface area contributed by atoms with Gasteiger partial charge >= 0.3 is 17.8 Å². The molecule has 22 nitrogen and oxygen atoms in total. The zero-order chi connectivity index (χ0) is 44.7. The van der Waals surface area contributed by atoms with Crippen molar-refractivity contribution in [3.8, 4) is 33.8 Å². The van der Waals surface area contributed by atoms with Gasteiger partial charge in [0.1, 0.15) is 50.2 Å². The van der Waals surface area contributed by atoms with Gasteiger partial charge in [-0.1, -0.05) is 91.0 Å². The van der Waals surface area contributed by atoms with E-state index in [2.05, 4.69) is 44.9 Å². The lowest BCUT2D eigenvalue weighted by Crippen LogP contribution is -2.24. The first-order valence-electron chi connectivity index (χ1n) is 18.0. The number of nitrogens with one attached hydrogen (secondary N) is 3. The summed E-state index contributed by atoms with van der Waals surface area (Å²) in [5, 5.41) is 2.15. The molecular weight excluding hydrogens is 816 g/mol. The quantitative estimate of drug-likeness (QED) is 0.103. The minimum Gasteiger partial charge on any atom is -0.822 e. The van der Waals surface area contributed by atoms with Crippen molar-refractivity contribution in [1.29, 1.82) is 0 Å². The SMILES string of the molecule is Nc1cc2nc(N)[nH+]c(N)c2c(-c2ccccc2)n1.Nc1cc2nc(N)[nH+]c(N)c2c(-c2ccccc2)n1.Nc1cc2nc(N)[nH+]c(N)c2c(-c2ccccc2)n1.O=P([O-])([O-])[O-]. The minimum atomic E-state index is -5.39. The summed E-state index contributed by atoms with van der Waals surface area (Å²) in [5.74, 6) is 3.15. The molecule has 21 N–H and O–H groups in total. The number of benzene rings is 3. The summed E-state index contributed by atoms with van der Waals surface area (Å²) in [6, 6.07) is 34.0. The lowest BCUT2D eigenvalue weighted by Gasteiger charge is -2.36. The van der Waals surface area contributed by atoms with Crippen LogP contribution >= 0.6 is 7.82 Å². The van der Waals surface area contributed by atoms with E-state index in [0.717, 1.165) is 32.8 Å². The molecule has 0 aliphatic rings. The molecule has 62 heavy (non-hydrogen) atoms. The molecule has 0 bridgehead atoms. The first-order valence-corrected chi connectivity index (χ1v) is 19.4. The van der Waals surface area contributed by atoms with E-state index < -0.39 is 7.82 Å². The summed E-state index contributed by atoms with van der Waals surface area (Å²) in [5.41, 5.74) is 59.1. The topological polar surface area (TPSA) is 440 Å². The van der Waals surface area contributed by atoms with E-state index >= 15 is 0 Å². The van der Waals surface area contributed by atoms with Crippen molar-refractivity contribution in [2.45, 2.75) is 0 Å². The number of hydrogen-bond acceptors (Lipinski definition) is 19. The molecule has 0 saturated heterocycles. The predicted octanol–water partition coefficient (Wildman–Crippen LogP) is -0.252. The molecule has 9 aromatic rings. The number of aromatic nitrogens is 9. The van der Waals surface area contributed by atoms with Crippen LogP contribution in [0.3, 0.4) is 0 Å². The molecule has 0 unspecified atom stereocenters. The van der Waals surface area contributed by atoms with E-state index in [0.29, 0.717) is 68.5 Å². The van der Waals surface area contributed by atoms with Gasteiger partial charge in [0.15, 0.2) is 0 Å². The van der Waals surface area contributed by atoms with Gasteiger partial charge in [-0.25, -0.2) is 29.9 Å². The Morgan fingerprint density at radius 2 is 0.613 bits per heavy atom. The van der Waals surface area contributed by atoms with Crippen LogP contribution < -0.4 is 81.2 Å². The molecule has 23 heteroatoms. The second-order valence-corrected chi connectivity index (χ2v) is 13.9. The number of phosphoric acid groups is 1. The zero-order valence-corrected chi connectivity index (χ0v) is 33.2. The number of hydrogen-bond donors (Lipinski definition) is 9. The highest BCUT2D eigenvalue weighted by Crippen LogP contribution is 2.32. The van der Waals surface area contributed by atoms with Gasteiger partial charge in [0.25, 0.3) is 0 Å². The number of nitrogen functional groups attached to an aromatic ring is 9. The molecule has 0 atom stereocenters. The molecule has 0 amide bonds. The summed E-state index contributed by atoms with van der Waals surface area (Å²) in [7, 11) is -5.39. The number of nitrogens with two attached hydrogens (primary N) is 9. The highest BCUT2D eigenvalue weighted by atomic mass is 31.2. The van der Waals surface area contributed by atoms with Crippen LogP contribution in [0.1, 0.15) is 0 Å². The van der Waals surface area contributed by atoms with E-state index in [4.69, 9.17) is 70.8 Å². The standard InChI is InChI=1S/3C13H12N6.H3O4P/c3*14-9-6-8-10(12(15)19-13(16)17-8)11(18-9)7-4-2-1-3-5-7;1-5(2,3)4/h3*1-6H,(H2,14,18)(H4,15,16,17,19);(H3,1,2,3,4). The van der Waals surface area contributed by atoms with Gasteiger partial charge in [-0.15, -0.1) is 15.0 Å². The van der Waals surface area contributed by atoms with Crippen molar-refractivity contribution in [1.82, 2.24) is 29.9 Å². The number of anilines is 9. The van der Waals surface area contributed by atoms with Crippen molar-refractivity contribution < 1.29 is 34.2 Å². The van der Waals surface area contributed by atoms with Crippen LogP contribution in [0.5, 0.6) is 0 Å². The van der Waals surface area contributed by atoms with Gasteiger partial charge in [-0.2, -0.15) is 7.82 Å². The van der Waals surface area contributed by atoms with Crippen molar-refractivity contribution in [2.24, 2.45) is 0 Å². The zero-order valence-electron chi connectivity index (χ0n) is 32.4. The third-order valence-electron chi connectivity index (χ3n) is 8.52. The fraction of sp³-hybridized carbons (Fsp3) is 0. The van der Waals surface area contributed by atoms with Crippen molar-refractivity contribution in [2.75, 3.05) is 51.6 Å². The summed E-state index contributed by atoms with van der Waals surface area (Å²) in [6.45, 7) is 0. The minimum absolute atomic E-state index is 0.245. The molecule has 6 aromatic heterocycles. The van der Waals surface area contributed by atoms with E-state index in [1.807, 2.05) is 91.0 Å². The maximum atomic E-state index is 8.55. The maximum Gasteiger partial charge on any atom is 0.342 e. The lowest BCUT2D eigenvalue weighted by molar-refractivity contribution is -0.432. The second kappa shape index (κ2) is 18.1. The Bertz CT molecular complexity index is 2750. The van der Waals surface area contributed by atoms with Crippen molar-refractivity contribution in [3.63, 3.8) is 0 Å². The van der Waals surface area contributed by atoms with Crippen LogP contribution in [0.25, 0.3) is 66.5 Å². The van der Waals surface area contributed by atoms with Crippen LogP contribution in [0.2, 0.25) is 0 Å². The number of nitrogens with zero attached hydrogens (tertiary/aromatic N) is 6. The molecule has 9 rings (SSSR count). The third-order valence-corrected chi connectivity index (χ3v) is 8.52. The maximum absolute atomic E-state index is 8.55. The molecule has 0 spiro atoms. The average molecular weight is 855 g/mol. The van der Waals surface area contributed by atoms with E-state index in [9.17, 15) is 0 Å². The monoisotopic (exact) mass is 854 g/mol. The first-order chi connectivity index (χ1) is 29.4. The number of pyridine rings is 3. The fourth-order valence-corrected chi connectivity index (χ4v) is 6.20. The highest BCUT2D eigenvalue weighted by molar-refractivity contribution is 7.40. The normalized spacial score (nSPS) is 10.8. The number of aromatic amines is 3. The Hall–Kier alpha value is -8.56.